The Balaban J connectivity index is 1.58. The van der Waals surface area contributed by atoms with Crippen molar-refractivity contribution in [3.63, 3.8) is 0 Å². The van der Waals surface area contributed by atoms with Gasteiger partial charge in [0.15, 0.2) is 9.49 Å². The van der Waals surface area contributed by atoms with Gasteiger partial charge >= 0.3 is 0 Å². The smallest absolute Gasteiger partial charge is 0.279 e. The van der Waals surface area contributed by atoms with Crippen molar-refractivity contribution in [2.24, 2.45) is 21.9 Å². The summed E-state index contributed by atoms with van der Waals surface area (Å²) in [6, 6.07) is 20.2. The lowest BCUT2D eigenvalue weighted by Crippen LogP contribution is -2.46. The highest BCUT2D eigenvalue weighted by Gasteiger charge is 2.55. The molecule has 0 aromatic heterocycles. The van der Waals surface area contributed by atoms with Crippen molar-refractivity contribution in [2.75, 3.05) is 0 Å². The molecule has 0 bridgehead atoms. The van der Waals surface area contributed by atoms with Crippen LogP contribution in [0.15, 0.2) is 83.0 Å². The molecule has 12 nitrogen and oxygen atoms in total. The summed E-state index contributed by atoms with van der Waals surface area (Å²) in [5.74, 6) is 11.3. The number of nitrogens with zero attached hydrogens (tertiary/aromatic N) is 2. The van der Waals surface area contributed by atoms with E-state index >= 15 is 0 Å². The second-order valence-corrected chi connectivity index (χ2v) is 16.2. The van der Waals surface area contributed by atoms with Gasteiger partial charge in [-0.05, 0) is 83.3 Å². The first-order valence-corrected chi connectivity index (χ1v) is 18.4. The third-order valence-electron chi connectivity index (χ3n) is 10.1. The summed E-state index contributed by atoms with van der Waals surface area (Å²) in [7, 11) is -9.76. The van der Waals surface area contributed by atoms with E-state index in [2.05, 4.69) is 10.2 Å². The first-order chi connectivity index (χ1) is 23.4. The molecule has 258 valence electrons. The van der Waals surface area contributed by atoms with E-state index in [-0.39, 0.29) is 46.8 Å². The second kappa shape index (κ2) is 11.8. The first-order valence-electron chi connectivity index (χ1n) is 15.5. The molecule has 0 saturated heterocycles. The lowest BCUT2D eigenvalue weighted by atomic mass is 9.72. The molecule has 2 unspecified atom stereocenters. The van der Waals surface area contributed by atoms with Crippen molar-refractivity contribution in [1.29, 1.82) is 10.8 Å². The average molecular weight is 713 g/mol. The largest absolute Gasteiger partial charge is 0.323 e. The zero-order chi connectivity index (χ0) is 36.6. The fourth-order valence-electron chi connectivity index (χ4n) is 8.18. The molecule has 14 heteroatoms. The van der Waals surface area contributed by atoms with Gasteiger partial charge in [0.1, 0.15) is 0 Å². The maximum absolute atomic E-state index is 13.5. The van der Waals surface area contributed by atoms with E-state index in [1.807, 2.05) is 0 Å². The Morgan fingerprint density at radius 1 is 0.600 bits per heavy atom. The summed E-state index contributed by atoms with van der Waals surface area (Å²) in [4.78, 5) is 0. The lowest BCUT2D eigenvalue weighted by Gasteiger charge is -2.39. The van der Waals surface area contributed by atoms with Gasteiger partial charge in [-0.2, -0.15) is 27.0 Å². The van der Waals surface area contributed by atoms with Gasteiger partial charge in [-0.3, -0.25) is 19.9 Å². The minimum Gasteiger partial charge on any atom is -0.323 e. The molecular weight excluding hydrogens is 677 g/mol. The Hall–Kier alpha value is -5.02. The number of fused-ring (bicyclic) bond motifs is 2. The van der Waals surface area contributed by atoms with Crippen LogP contribution in [-0.4, -0.2) is 48.8 Å². The number of aryl methyl sites for hydroxylation is 4. The van der Waals surface area contributed by atoms with Gasteiger partial charge in [-0.15, -0.1) is 0 Å². The van der Waals surface area contributed by atoms with E-state index in [0.717, 1.165) is 0 Å². The Morgan fingerprint density at radius 3 is 1.18 bits per heavy atom. The predicted octanol–water partition coefficient (Wildman–Crippen LogP) is 5.02. The molecule has 50 heavy (non-hydrogen) atoms. The predicted molar refractivity (Wildman–Crippen MR) is 195 cm³/mol. The summed E-state index contributed by atoms with van der Waals surface area (Å²) in [5.41, 5.74) is 5.26. The number of nitrogens with two attached hydrogens (primary N) is 2. The second-order valence-electron chi connectivity index (χ2n) is 12.9. The fraction of sp³-hybridized carbons (Fsp3) is 0.222. The highest BCUT2D eigenvalue weighted by molar-refractivity contribution is 7.87. The van der Waals surface area contributed by atoms with Crippen LogP contribution in [0.3, 0.4) is 0 Å². The van der Waals surface area contributed by atoms with Crippen LogP contribution in [0.1, 0.15) is 68.5 Å². The summed E-state index contributed by atoms with van der Waals surface area (Å²) in [5, 5.41) is 24.7. The van der Waals surface area contributed by atoms with Crippen LogP contribution in [0, 0.1) is 38.5 Å². The molecule has 6 rings (SSSR count). The summed E-state index contributed by atoms with van der Waals surface area (Å²) in [6.45, 7) is 6.96. The lowest BCUT2D eigenvalue weighted by molar-refractivity contribution is 0.444. The highest BCUT2D eigenvalue weighted by Crippen LogP contribution is 2.51. The van der Waals surface area contributed by atoms with E-state index in [9.17, 15) is 25.9 Å². The van der Waals surface area contributed by atoms with Gasteiger partial charge in [-0.1, -0.05) is 72.8 Å². The molecule has 0 saturated carbocycles. The zero-order valence-electron chi connectivity index (χ0n) is 27.7. The highest BCUT2D eigenvalue weighted by atomic mass is 32.2. The fourth-order valence-corrected chi connectivity index (χ4v) is 10.9. The molecule has 8 N–H and O–H groups in total. The summed E-state index contributed by atoms with van der Waals surface area (Å²) >= 11 is 0. The standard InChI is InChI=1S/C36H36N6O6S2/c1-19-13-23(14-20(2)31(19)35(49(43,44)45)17-29(41-39)33(37)25-9-5-7-11-27(25)35)24-15-21(3)32(22(4)16-24)36(50(46,47)48)18-30(42-40)34(38)26-10-6-8-12-28(26)36/h5-16,37-38H,17-18,39-40H2,1-4H3,(H,43,44,45)(H,46,47,48). The van der Waals surface area contributed by atoms with Crippen LogP contribution in [0.4, 0.5) is 0 Å². The van der Waals surface area contributed by atoms with Crippen LogP contribution in [-0.2, 0) is 29.7 Å². The van der Waals surface area contributed by atoms with Crippen LogP contribution in [0.25, 0.3) is 11.1 Å². The number of hydrogen-bond acceptors (Lipinski definition) is 10. The summed E-state index contributed by atoms with van der Waals surface area (Å²) in [6.07, 6.45) is -0.701. The average Bonchev–Trinajstić information content (AvgIpc) is 3.05. The van der Waals surface area contributed by atoms with Crippen molar-refractivity contribution < 1.29 is 25.9 Å². The zero-order valence-corrected chi connectivity index (χ0v) is 29.4. The van der Waals surface area contributed by atoms with E-state index in [0.29, 0.717) is 55.6 Å². The van der Waals surface area contributed by atoms with Crippen molar-refractivity contribution in [3.8, 4) is 11.1 Å². The molecule has 0 heterocycles. The monoisotopic (exact) mass is 712 g/mol. The topological polar surface area (TPSA) is 233 Å². The Morgan fingerprint density at radius 2 is 0.900 bits per heavy atom. The Kier molecular flexibility index (Phi) is 8.22. The summed E-state index contributed by atoms with van der Waals surface area (Å²) < 4.78 is 72.1. The van der Waals surface area contributed by atoms with Gasteiger partial charge in [0.2, 0.25) is 0 Å². The van der Waals surface area contributed by atoms with Gasteiger partial charge in [0, 0.05) is 24.0 Å². The molecule has 0 fully saturated rings. The molecular formula is C36H36N6O6S2. The van der Waals surface area contributed by atoms with E-state index in [1.54, 1.807) is 100 Å². The molecule has 0 aliphatic heterocycles. The molecule has 4 aromatic rings. The van der Waals surface area contributed by atoms with Gasteiger partial charge in [-0.25, -0.2) is 0 Å². The molecule has 2 aliphatic carbocycles. The minimum atomic E-state index is -4.88. The Bertz CT molecular complexity index is 2240. The number of benzene rings is 4. The van der Waals surface area contributed by atoms with Gasteiger partial charge in [0.05, 0.1) is 22.8 Å². The molecule has 0 radical (unpaired) electrons. The number of hydrogen-bond donors (Lipinski definition) is 6. The van der Waals surface area contributed by atoms with Gasteiger partial charge in [0.25, 0.3) is 20.2 Å². The minimum absolute atomic E-state index is 0.0229. The third-order valence-corrected chi connectivity index (χ3v) is 13.0. The van der Waals surface area contributed by atoms with E-state index < -0.39 is 29.7 Å². The third kappa shape index (κ3) is 4.85. The first kappa shape index (κ1) is 34.8. The van der Waals surface area contributed by atoms with Crippen molar-refractivity contribution >= 4 is 43.1 Å². The normalized spacial score (nSPS) is 22.4. The van der Waals surface area contributed by atoms with Crippen LogP contribution >= 0.6 is 0 Å². The number of nitrogens with one attached hydrogen (secondary N) is 2. The van der Waals surface area contributed by atoms with Crippen LogP contribution in [0.5, 0.6) is 0 Å². The van der Waals surface area contributed by atoms with E-state index in [1.165, 1.54) is 0 Å². The number of hydrazone groups is 2. The molecule has 4 aromatic carbocycles. The molecule has 2 aliphatic rings. The number of rotatable bonds is 5. The van der Waals surface area contributed by atoms with Gasteiger partial charge < -0.3 is 11.7 Å². The maximum Gasteiger partial charge on any atom is 0.279 e. The molecule has 0 spiro atoms. The van der Waals surface area contributed by atoms with E-state index in [4.69, 9.17) is 22.5 Å². The van der Waals surface area contributed by atoms with Crippen LogP contribution in [0.2, 0.25) is 0 Å². The Labute approximate surface area is 290 Å². The van der Waals surface area contributed by atoms with Crippen molar-refractivity contribution in [3.05, 3.63) is 128 Å². The van der Waals surface area contributed by atoms with Crippen LogP contribution < -0.4 is 11.7 Å². The molecule has 0 amide bonds. The van der Waals surface area contributed by atoms with Crippen molar-refractivity contribution in [1.82, 2.24) is 0 Å². The van der Waals surface area contributed by atoms with Crippen molar-refractivity contribution in [2.45, 2.75) is 50.0 Å². The maximum atomic E-state index is 13.5. The SMILES string of the molecule is Cc1cc(-c2cc(C)c(C3(S(=O)(=O)O)CC(=NN)C(=N)c4ccccc43)c(C)c2)cc(C)c1C1(S(=O)(=O)O)CC(=NN)C(=N)c2ccccc21. The quantitative estimate of drug-likeness (QED) is 0.0931. The molecule has 2 atom stereocenters.